The van der Waals surface area contributed by atoms with E-state index >= 15 is 0 Å². The van der Waals surface area contributed by atoms with Crippen molar-refractivity contribution in [2.75, 3.05) is 42.9 Å². The van der Waals surface area contributed by atoms with Crippen LogP contribution in [-0.4, -0.2) is 28.2 Å². The van der Waals surface area contributed by atoms with E-state index in [1.54, 1.807) is 0 Å². The fourth-order valence-corrected chi connectivity index (χ4v) is 6.22. The van der Waals surface area contributed by atoms with Crippen LogP contribution in [0.15, 0.2) is 140 Å². The molecule has 0 aromatic heterocycles. The summed E-state index contributed by atoms with van der Waals surface area (Å²) in [5.41, 5.74) is 16.6. The Labute approximate surface area is 295 Å². The van der Waals surface area contributed by atoms with Gasteiger partial charge in [-0.2, -0.15) is 0 Å². The molecule has 0 heterocycles. The van der Waals surface area contributed by atoms with E-state index in [4.69, 9.17) is 0 Å². The van der Waals surface area contributed by atoms with Crippen LogP contribution in [0.3, 0.4) is 0 Å². The van der Waals surface area contributed by atoms with Gasteiger partial charge in [-0.05, 0) is 123 Å². The van der Waals surface area contributed by atoms with E-state index in [1.165, 1.54) is 72.9 Å². The summed E-state index contributed by atoms with van der Waals surface area (Å²) in [6.45, 7) is 10.8. The highest BCUT2D eigenvalue weighted by Gasteiger charge is 2.21. The third kappa shape index (κ3) is 8.61. The van der Waals surface area contributed by atoms with Gasteiger partial charge in [0, 0.05) is 62.5 Å². The van der Waals surface area contributed by atoms with Crippen LogP contribution < -0.4 is 14.7 Å². The van der Waals surface area contributed by atoms with Gasteiger partial charge in [0.15, 0.2) is 0 Å². The van der Waals surface area contributed by atoms with Gasteiger partial charge in [0.05, 0.1) is 0 Å². The summed E-state index contributed by atoms with van der Waals surface area (Å²) in [6.07, 6.45) is 0. The third-order valence-corrected chi connectivity index (χ3v) is 9.17. The summed E-state index contributed by atoms with van der Waals surface area (Å²) in [4.78, 5) is 6.61. The van der Waals surface area contributed by atoms with Crippen LogP contribution in [0.1, 0.15) is 50.4 Å². The van der Waals surface area contributed by atoms with E-state index in [2.05, 4.69) is 217 Å². The van der Waals surface area contributed by atoms with Gasteiger partial charge in [0.25, 0.3) is 0 Å². The molecular formula is C46H51N3. The van der Waals surface area contributed by atoms with Crippen molar-refractivity contribution in [3.63, 3.8) is 0 Å². The fraction of sp³-hybridized carbons (Fsp3) is 0.217. The molecule has 0 bridgehead atoms. The molecule has 0 amide bonds. The zero-order valence-corrected chi connectivity index (χ0v) is 30.7. The van der Waals surface area contributed by atoms with E-state index in [9.17, 15) is 0 Å². The highest BCUT2D eigenvalue weighted by atomic mass is 15.1. The van der Waals surface area contributed by atoms with E-state index in [1.807, 2.05) is 0 Å². The first kappa shape index (κ1) is 35.0. The predicted molar refractivity (Wildman–Crippen MR) is 214 cm³/mol. The smallest absolute Gasteiger partial charge is 0.0461 e. The lowest BCUT2D eigenvalue weighted by Crippen LogP contribution is -2.12. The van der Waals surface area contributed by atoms with Crippen molar-refractivity contribution >= 4 is 28.4 Å². The quantitative estimate of drug-likeness (QED) is 0.153. The number of hydrogen-bond donors (Lipinski definition) is 0. The molecular weight excluding hydrogens is 595 g/mol. The lowest BCUT2D eigenvalue weighted by molar-refractivity contribution is 0.945. The summed E-state index contributed by atoms with van der Waals surface area (Å²) < 4.78 is 0. The maximum absolute atomic E-state index is 2.29. The number of nitrogens with zero attached hydrogens (tertiary/aromatic N) is 3. The Kier molecular flexibility index (Phi) is 11.3. The molecule has 0 aliphatic rings. The van der Waals surface area contributed by atoms with E-state index < -0.39 is 0 Å². The highest BCUT2D eigenvalue weighted by Crippen LogP contribution is 2.38. The maximum atomic E-state index is 2.29. The second kappa shape index (κ2) is 15.7. The molecule has 0 unspecified atom stereocenters. The van der Waals surface area contributed by atoms with Gasteiger partial charge in [-0.1, -0.05) is 95.6 Å². The number of rotatable bonds is 8. The molecule has 6 aromatic carbocycles. The fourth-order valence-electron chi connectivity index (χ4n) is 6.22. The van der Waals surface area contributed by atoms with Gasteiger partial charge in [-0.25, -0.2) is 0 Å². The molecule has 6 aromatic rings. The van der Waals surface area contributed by atoms with Crippen molar-refractivity contribution in [3.05, 3.63) is 184 Å². The zero-order valence-electron chi connectivity index (χ0n) is 30.7. The molecule has 0 saturated heterocycles. The Morgan fingerprint density at radius 3 is 1.00 bits per heavy atom. The van der Waals surface area contributed by atoms with E-state index in [-0.39, 0.29) is 5.92 Å². The maximum Gasteiger partial charge on any atom is 0.0461 e. The van der Waals surface area contributed by atoms with Crippen LogP contribution >= 0.6 is 0 Å². The van der Waals surface area contributed by atoms with Crippen molar-refractivity contribution < 1.29 is 0 Å². The minimum Gasteiger partial charge on any atom is -0.378 e. The van der Waals surface area contributed by atoms with Crippen molar-refractivity contribution in [2.24, 2.45) is 0 Å². The SMILES string of the molecule is Cc1cc(N(C)C)ccc1C(c1ccccc1)c1ccc(N(C)C)cc1C.Cc1ccc(N(c2ccc(C)cc2)c2ccc(C)cc2)cc1. The van der Waals surface area contributed by atoms with E-state index in [0.29, 0.717) is 0 Å². The molecule has 0 N–H and O–H groups in total. The lowest BCUT2D eigenvalue weighted by atomic mass is 9.81. The average molecular weight is 646 g/mol. The first-order chi connectivity index (χ1) is 23.5. The standard InChI is InChI=1S/C25H30N2.C21H21N/c1-18-16-21(26(3)4)12-14-23(18)25(20-10-8-7-9-11-20)24-15-13-22(27(5)6)17-19(24)2;1-16-4-10-19(11-5-16)22(20-12-6-17(2)7-13-20)21-14-8-18(3)9-15-21/h7-17,25H,1-6H3;4-15H,1-3H3. The summed E-state index contributed by atoms with van der Waals surface area (Å²) >= 11 is 0. The zero-order chi connectivity index (χ0) is 35.1. The summed E-state index contributed by atoms with van der Waals surface area (Å²) in [7, 11) is 8.36. The number of anilines is 5. The first-order valence-corrected chi connectivity index (χ1v) is 17.1. The van der Waals surface area contributed by atoms with Crippen molar-refractivity contribution in [1.29, 1.82) is 0 Å². The van der Waals surface area contributed by atoms with Crippen LogP contribution in [0.5, 0.6) is 0 Å². The van der Waals surface area contributed by atoms with Gasteiger partial charge in [-0.3, -0.25) is 0 Å². The predicted octanol–water partition coefficient (Wildman–Crippen LogP) is 11.7. The molecule has 0 saturated carbocycles. The number of aryl methyl sites for hydroxylation is 5. The van der Waals surface area contributed by atoms with Gasteiger partial charge in [0.1, 0.15) is 0 Å². The Morgan fingerprint density at radius 2 is 0.694 bits per heavy atom. The Hall–Kier alpha value is -5.28. The number of benzene rings is 6. The Bertz CT molecular complexity index is 1770. The second-order valence-electron chi connectivity index (χ2n) is 13.6. The molecule has 0 aliphatic carbocycles. The molecule has 49 heavy (non-hydrogen) atoms. The molecule has 0 fully saturated rings. The largest absolute Gasteiger partial charge is 0.378 e. The molecule has 250 valence electrons. The van der Waals surface area contributed by atoms with E-state index in [0.717, 1.165) is 0 Å². The van der Waals surface area contributed by atoms with Crippen molar-refractivity contribution in [3.8, 4) is 0 Å². The molecule has 6 rings (SSSR count). The van der Waals surface area contributed by atoms with Crippen LogP contribution in [-0.2, 0) is 0 Å². The molecule has 3 heteroatoms. The second-order valence-corrected chi connectivity index (χ2v) is 13.6. The van der Waals surface area contributed by atoms with Crippen molar-refractivity contribution in [2.45, 2.75) is 40.5 Å². The molecule has 3 nitrogen and oxygen atoms in total. The summed E-state index contributed by atoms with van der Waals surface area (Å²) in [5.74, 6) is 0.235. The minimum absolute atomic E-state index is 0.235. The number of hydrogen-bond acceptors (Lipinski definition) is 3. The molecule has 0 spiro atoms. The van der Waals surface area contributed by atoms with Gasteiger partial charge < -0.3 is 14.7 Å². The van der Waals surface area contributed by atoms with Crippen LogP contribution in [0.4, 0.5) is 28.4 Å². The van der Waals surface area contributed by atoms with Gasteiger partial charge >= 0.3 is 0 Å². The van der Waals surface area contributed by atoms with Crippen LogP contribution in [0, 0.1) is 34.6 Å². The van der Waals surface area contributed by atoms with Gasteiger partial charge in [-0.15, -0.1) is 0 Å². The normalized spacial score (nSPS) is 10.7. The summed E-state index contributed by atoms with van der Waals surface area (Å²) in [5, 5.41) is 0. The molecule has 0 aliphatic heterocycles. The monoisotopic (exact) mass is 645 g/mol. The third-order valence-electron chi connectivity index (χ3n) is 9.17. The molecule has 0 radical (unpaired) electrons. The topological polar surface area (TPSA) is 9.72 Å². The highest BCUT2D eigenvalue weighted by molar-refractivity contribution is 5.76. The minimum atomic E-state index is 0.235. The molecule has 0 atom stereocenters. The van der Waals surface area contributed by atoms with Crippen LogP contribution in [0.25, 0.3) is 0 Å². The average Bonchev–Trinajstić information content (AvgIpc) is 3.09. The lowest BCUT2D eigenvalue weighted by Gasteiger charge is -2.25. The van der Waals surface area contributed by atoms with Crippen molar-refractivity contribution in [1.82, 2.24) is 0 Å². The van der Waals surface area contributed by atoms with Crippen LogP contribution in [0.2, 0.25) is 0 Å². The Balaban J connectivity index is 0.000000195. The Morgan fingerprint density at radius 1 is 0.367 bits per heavy atom. The first-order valence-electron chi connectivity index (χ1n) is 17.1. The summed E-state index contributed by atoms with van der Waals surface area (Å²) in [6, 6.07) is 50.4. The van der Waals surface area contributed by atoms with Gasteiger partial charge in [0.2, 0.25) is 0 Å².